The standard InChI is InChI=1S/C11H10BrFN2O3S/c12-8-6-10(15(17)18)7(5-9(8)13)11(16)14-1-3-19-4-2-14/h5-6H,1-4H2. The van der Waals surface area contributed by atoms with Gasteiger partial charge in [-0.15, -0.1) is 0 Å². The molecule has 0 aliphatic carbocycles. The SMILES string of the molecule is O=C(c1cc(F)c(Br)cc1[N+](=O)[O-])N1CCSCC1. The van der Waals surface area contributed by atoms with E-state index in [0.29, 0.717) is 13.1 Å². The van der Waals surface area contributed by atoms with Crippen LogP contribution in [0.3, 0.4) is 0 Å². The van der Waals surface area contributed by atoms with Crippen LogP contribution in [0.2, 0.25) is 0 Å². The highest BCUT2D eigenvalue weighted by molar-refractivity contribution is 9.10. The van der Waals surface area contributed by atoms with E-state index in [1.54, 1.807) is 11.8 Å². The Morgan fingerprint density at radius 1 is 1.42 bits per heavy atom. The topological polar surface area (TPSA) is 63.4 Å². The van der Waals surface area contributed by atoms with Crippen molar-refractivity contribution < 1.29 is 14.1 Å². The molecule has 1 aliphatic rings. The smallest absolute Gasteiger partial charge is 0.283 e. The van der Waals surface area contributed by atoms with Gasteiger partial charge in [0.2, 0.25) is 0 Å². The number of benzene rings is 1. The summed E-state index contributed by atoms with van der Waals surface area (Å²) in [5, 5.41) is 11.0. The second-order valence-corrected chi connectivity index (χ2v) is 6.02. The molecule has 102 valence electrons. The molecule has 0 atom stereocenters. The fraction of sp³-hybridized carbons (Fsp3) is 0.364. The van der Waals surface area contributed by atoms with E-state index < -0.39 is 16.6 Å². The molecule has 1 fully saturated rings. The minimum atomic E-state index is -0.680. The van der Waals surface area contributed by atoms with Crippen molar-refractivity contribution in [2.24, 2.45) is 0 Å². The number of hydrogen-bond acceptors (Lipinski definition) is 4. The van der Waals surface area contributed by atoms with E-state index in [2.05, 4.69) is 15.9 Å². The monoisotopic (exact) mass is 348 g/mol. The number of amides is 1. The average molecular weight is 349 g/mol. The Balaban J connectivity index is 2.39. The summed E-state index contributed by atoms with van der Waals surface area (Å²) in [6, 6.07) is 1.95. The van der Waals surface area contributed by atoms with Gasteiger partial charge in [-0.2, -0.15) is 11.8 Å². The molecule has 0 aromatic heterocycles. The zero-order valence-corrected chi connectivity index (χ0v) is 12.2. The van der Waals surface area contributed by atoms with Gasteiger partial charge in [0.15, 0.2) is 0 Å². The predicted molar refractivity (Wildman–Crippen MR) is 74.0 cm³/mol. The highest BCUT2D eigenvalue weighted by Gasteiger charge is 2.27. The van der Waals surface area contributed by atoms with Gasteiger partial charge in [-0.25, -0.2) is 4.39 Å². The zero-order valence-electron chi connectivity index (χ0n) is 9.77. The first-order valence-electron chi connectivity index (χ1n) is 5.51. The molecule has 8 heteroatoms. The van der Waals surface area contributed by atoms with Gasteiger partial charge >= 0.3 is 0 Å². The second-order valence-electron chi connectivity index (χ2n) is 3.95. The predicted octanol–water partition coefficient (Wildman–Crippen LogP) is 2.69. The third kappa shape index (κ3) is 3.06. The summed E-state index contributed by atoms with van der Waals surface area (Å²) in [7, 11) is 0. The molecule has 0 saturated carbocycles. The molecular weight excluding hydrogens is 339 g/mol. The minimum absolute atomic E-state index is 0.0232. The number of nitrogens with zero attached hydrogens (tertiary/aromatic N) is 2. The van der Waals surface area contributed by atoms with Gasteiger partial charge in [-0.1, -0.05) is 0 Å². The Kier molecular flexibility index (Phi) is 4.41. The number of carbonyl (C=O) groups excluding carboxylic acids is 1. The maximum Gasteiger partial charge on any atom is 0.283 e. The number of hydrogen-bond donors (Lipinski definition) is 0. The number of nitro groups is 1. The Morgan fingerprint density at radius 2 is 2.05 bits per heavy atom. The fourth-order valence-electron chi connectivity index (χ4n) is 1.80. The van der Waals surface area contributed by atoms with Crippen LogP contribution in [0.1, 0.15) is 10.4 Å². The van der Waals surface area contributed by atoms with Crippen molar-refractivity contribution >= 4 is 39.3 Å². The molecule has 0 unspecified atom stereocenters. The van der Waals surface area contributed by atoms with Crippen molar-refractivity contribution in [2.45, 2.75) is 0 Å². The molecule has 1 aliphatic heterocycles. The van der Waals surface area contributed by atoms with Crippen molar-refractivity contribution in [2.75, 3.05) is 24.6 Å². The summed E-state index contributed by atoms with van der Waals surface area (Å²) in [5.41, 5.74) is -0.575. The van der Waals surface area contributed by atoms with Crippen molar-refractivity contribution in [1.82, 2.24) is 4.90 Å². The quantitative estimate of drug-likeness (QED) is 0.608. The Labute approximate surface area is 121 Å². The molecule has 0 spiro atoms. The lowest BCUT2D eigenvalue weighted by Gasteiger charge is -2.26. The Hall–Kier alpha value is -1.15. The minimum Gasteiger partial charge on any atom is -0.337 e. The Morgan fingerprint density at radius 3 is 2.63 bits per heavy atom. The molecule has 1 heterocycles. The zero-order chi connectivity index (χ0) is 14.0. The molecule has 1 aromatic carbocycles. The maximum absolute atomic E-state index is 13.5. The van der Waals surface area contributed by atoms with Gasteiger partial charge in [-0.3, -0.25) is 14.9 Å². The van der Waals surface area contributed by atoms with Crippen LogP contribution in [0, 0.1) is 15.9 Å². The molecule has 5 nitrogen and oxygen atoms in total. The van der Waals surface area contributed by atoms with Crippen LogP contribution in [0.4, 0.5) is 10.1 Å². The van der Waals surface area contributed by atoms with E-state index in [0.717, 1.165) is 23.6 Å². The van der Waals surface area contributed by atoms with Crippen molar-refractivity contribution in [1.29, 1.82) is 0 Å². The van der Waals surface area contributed by atoms with E-state index in [9.17, 15) is 19.3 Å². The van der Waals surface area contributed by atoms with Crippen LogP contribution in [0.15, 0.2) is 16.6 Å². The lowest BCUT2D eigenvalue weighted by molar-refractivity contribution is -0.385. The van der Waals surface area contributed by atoms with Crippen LogP contribution < -0.4 is 0 Å². The number of thioether (sulfide) groups is 1. The lowest BCUT2D eigenvalue weighted by atomic mass is 10.1. The first-order valence-corrected chi connectivity index (χ1v) is 7.46. The molecule has 0 radical (unpaired) electrons. The van der Waals surface area contributed by atoms with Crippen molar-refractivity contribution in [3.8, 4) is 0 Å². The first kappa shape index (κ1) is 14.3. The summed E-state index contributed by atoms with van der Waals surface area (Å²) in [6.45, 7) is 1.05. The molecule has 1 amide bonds. The summed E-state index contributed by atoms with van der Waals surface area (Å²) < 4.78 is 13.5. The molecule has 0 bridgehead atoms. The highest BCUT2D eigenvalue weighted by Crippen LogP contribution is 2.28. The van der Waals surface area contributed by atoms with Gasteiger partial charge in [0.25, 0.3) is 11.6 Å². The summed E-state index contributed by atoms with van der Waals surface area (Å²) >= 11 is 4.60. The van der Waals surface area contributed by atoms with Gasteiger partial charge in [0.05, 0.1) is 9.40 Å². The molecule has 19 heavy (non-hydrogen) atoms. The summed E-state index contributed by atoms with van der Waals surface area (Å²) in [6.07, 6.45) is 0. The van der Waals surface area contributed by atoms with E-state index in [-0.39, 0.29) is 15.7 Å². The van der Waals surface area contributed by atoms with Gasteiger partial charge in [0.1, 0.15) is 11.4 Å². The third-order valence-electron chi connectivity index (χ3n) is 2.76. The fourth-order valence-corrected chi connectivity index (χ4v) is 3.03. The van der Waals surface area contributed by atoms with Gasteiger partial charge in [-0.05, 0) is 22.0 Å². The maximum atomic E-state index is 13.5. The largest absolute Gasteiger partial charge is 0.337 e. The Bertz CT molecular complexity index is 535. The molecule has 1 aromatic rings. The van der Waals surface area contributed by atoms with Crippen LogP contribution in [0.25, 0.3) is 0 Å². The number of rotatable bonds is 2. The summed E-state index contributed by atoms with van der Waals surface area (Å²) in [4.78, 5) is 24.0. The third-order valence-corrected chi connectivity index (χ3v) is 4.31. The van der Waals surface area contributed by atoms with Crippen molar-refractivity contribution in [3.05, 3.63) is 38.1 Å². The molecule has 1 saturated heterocycles. The highest BCUT2D eigenvalue weighted by atomic mass is 79.9. The number of halogens is 2. The van der Waals surface area contributed by atoms with E-state index >= 15 is 0 Å². The number of nitro benzene ring substituents is 1. The number of carbonyl (C=O) groups is 1. The van der Waals surface area contributed by atoms with Crippen molar-refractivity contribution in [3.63, 3.8) is 0 Å². The average Bonchev–Trinajstić information content (AvgIpc) is 2.41. The van der Waals surface area contributed by atoms with Crippen LogP contribution in [-0.2, 0) is 0 Å². The lowest BCUT2D eigenvalue weighted by Crippen LogP contribution is -2.38. The van der Waals surface area contributed by atoms with Gasteiger partial charge < -0.3 is 4.90 Å². The normalized spacial score (nSPS) is 15.4. The molecule has 0 N–H and O–H groups in total. The van der Waals surface area contributed by atoms with Crippen LogP contribution in [0.5, 0.6) is 0 Å². The van der Waals surface area contributed by atoms with E-state index in [1.807, 2.05) is 0 Å². The van der Waals surface area contributed by atoms with Gasteiger partial charge in [0, 0.05) is 30.7 Å². The summed E-state index contributed by atoms with van der Waals surface area (Å²) in [5.74, 6) is 0.413. The second kappa shape index (κ2) is 5.87. The molecule has 2 rings (SSSR count). The van der Waals surface area contributed by atoms with E-state index in [4.69, 9.17) is 0 Å². The molecular formula is C11H10BrFN2O3S. The van der Waals surface area contributed by atoms with E-state index in [1.165, 1.54) is 4.90 Å². The van der Waals surface area contributed by atoms with Crippen LogP contribution in [-0.4, -0.2) is 40.3 Å². The van der Waals surface area contributed by atoms with Crippen LogP contribution >= 0.6 is 27.7 Å². The first-order chi connectivity index (χ1) is 9.00.